The first kappa shape index (κ1) is 15.2. The fourth-order valence-corrected chi connectivity index (χ4v) is 2.13. The summed E-state index contributed by atoms with van der Waals surface area (Å²) in [4.78, 5) is 13.5. The van der Waals surface area contributed by atoms with Crippen LogP contribution in [0.3, 0.4) is 0 Å². The van der Waals surface area contributed by atoms with Crippen molar-refractivity contribution in [3.63, 3.8) is 0 Å². The van der Waals surface area contributed by atoms with Crippen LogP contribution in [0.5, 0.6) is 5.88 Å². The Bertz CT molecular complexity index is 626. The van der Waals surface area contributed by atoms with Gasteiger partial charge in [0, 0.05) is 22.9 Å². The molecule has 2 aromatic rings. The second-order valence-electron chi connectivity index (χ2n) is 4.69. The van der Waals surface area contributed by atoms with Gasteiger partial charge < -0.3 is 15.4 Å². The van der Waals surface area contributed by atoms with E-state index in [1.54, 1.807) is 24.4 Å². The van der Waals surface area contributed by atoms with Crippen molar-refractivity contribution in [1.29, 1.82) is 0 Å². The highest BCUT2D eigenvalue weighted by atomic mass is 16.5. The summed E-state index contributed by atoms with van der Waals surface area (Å²) in [5.74, 6) is 0.0217. The predicted octanol–water partition coefficient (Wildman–Crippen LogP) is 1.45. The first-order chi connectivity index (χ1) is 10.2. The molecule has 1 aromatic carbocycles. The van der Waals surface area contributed by atoms with Gasteiger partial charge in [-0.15, -0.1) is 5.10 Å². The maximum absolute atomic E-state index is 11.2. The van der Waals surface area contributed by atoms with Crippen LogP contribution in [0.15, 0.2) is 24.4 Å². The highest BCUT2D eigenvalue weighted by molar-refractivity contribution is 5.98. The van der Waals surface area contributed by atoms with Gasteiger partial charge in [0.25, 0.3) is 0 Å². The van der Waals surface area contributed by atoms with Crippen LogP contribution in [0, 0.1) is 0 Å². The molecule has 0 saturated carbocycles. The molecule has 0 fully saturated rings. The van der Waals surface area contributed by atoms with Crippen LogP contribution in [0.1, 0.15) is 24.2 Å². The lowest BCUT2D eigenvalue weighted by molar-refractivity contribution is 0.100. The first-order valence-corrected chi connectivity index (χ1v) is 7.06. The normalized spacial score (nSPS) is 11.0. The molecule has 0 bridgehead atoms. The van der Waals surface area contributed by atoms with Gasteiger partial charge in [0.1, 0.15) is 6.61 Å². The number of carbonyl (C=O) groups excluding carboxylic acids is 1. The molecule has 6 heteroatoms. The Kier molecular flexibility index (Phi) is 5.05. The molecule has 0 aliphatic carbocycles. The zero-order valence-electron chi connectivity index (χ0n) is 12.4. The molecule has 6 nitrogen and oxygen atoms in total. The smallest absolute Gasteiger partial charge is 0.248 e. The molecule has 2 rings (SSSR count). The standard InChI is InChI=1S/C15H20N4O2/c1-3-19(4-2)7-8-21-15-13-6-5-11(14(16)20)9-12(13)10-17-18-15/h5-6,9-10H,3-4,7-8H2,1-2H3,(H2,16,20). The van der Waals surface area contributed by atoms with Crippen LogP contribution in [0.4, 0.5) is 0 Å². The van der Waals surface area contributed by atoms with Crippen LogP contribution in [-0.2, 0) is 0 Å². The molecule has 1 aromatic heterocycles. The van der Waals surface area contributed by atoms with Gasteiger partial charge in [-0.3, -0.25) is 4.79 Å². The van der Waals surface area contributed by atoms with Crippen molar-refractivity contribution in [2.45, 2.75) is 13.8 Å². The van der Waals surface area contributed by atoms with E-state index in [-0.39, 0.29) is 0 Å². The summed E-state index contributed by atoms with van der Waals surface area (Å²) < 4.78 is 5.72. The number of rotatable bonds is 7. The lowest BCUT2D eigenvalue weighted by Crippen LogP contribution is -2.28. The fourth-order valence-electron chi connectivity index (χ4n) is 2.13. The summed E-state index contributed by atoms with van der Waals surface area (Å²) in [6.45, 7) is 7.60. The predicted molar refractivity (Wildman–Crippen MR) is 81.3 cm³/mol. The zero-order valence-corrected chi connectivity index (χ0v) is 12.4. The van der Waals surface area contributed by atoms with Crippen LogP contribution >= 0.6 is 0 Å². The fraction of sp³-hybridized carbons (Fsp3) is 0.400. The van der Waals surface area contributed by atoms with Crippen LogP contribution in [0.25, 0.3) is 10.8 Å². The number of ether oxygens (including phenoxy) is 1. The summed E-state index contributed by atoms with van der Waals surface area (Å²) in [6, 6.07) is 5.16. The lowest BCUT2D eigenvalue weighted by atomic mass is 10.1. The Labute approximate surface area is 123 Å². The number of primary amides is 1. The topological polar surface area (TPSA) is 81.3 Å². The van der Waals surface area contributed by atoms with Gasteiger partial charge in [-0.25, -0.2) is 0 Å². The summed E-state index contributed by atoms with van der Waals surface area (Å²) in [5, 5.41) is 9.55. The van der Waals surface area contributed by atoms with Gasteiger partial charge in [-0.2, -0.15) is 5.10 Å². The zero-order chi connectivity index (χ0) is 15.2. The molecule has 1 heterocycles. The first-order valence-electron chi connectivity index (χ1n) is 7.06. The minimum absolute atomic E-state index is 0.449. The Morgan fingerprint density at radius 2 is 2.10 bits per heavy atom. The van der Waals surface area contributed by atoms with Crippen molar-refractivity contribution in [3.05, 3.63) is 30.0 Å². The monoisotopic (exact) mass is 288 g/mol. The van der Waals surface area contributed by atoms with E-state index in [9.17, 15) is 4.79 Å². The molecule has 0 aliphatic rings. The van der Waals surface area contributed by atoms with E-state index >= 15 is 0 Å². The van der Waals surface area contributed by atoms with Gasteiger partial charge in [-0.1, -0.05) is 13.8 Å². The van der Waals surface area contributed by atoms with E-state index < -0.39 is 5.91 Å². The van der Waals surface area contributed by atoms with Gasteiger partial charge >= 0.3 is 0 Å². The van der Waals surface area contributed by atoms with Crippen molar-refractivity contribution in [2.24, 2.45) is 5.73 Å². The van der Waals surface area contributed by atoms with E-state index in [1.807, 2.05) is 0 Å². The molecule has 0 atom stereocenters. The lowest BCUT2D eigenvalue weighted by Gasteiger charge is -2.17. The van der Waals surface area contributed by atoms with E-state index in [1.165, 1.54) is 0 Å². The maximum atomic E-state index is 11.2. The molecule has 0 saturated heterocycles. The molecule has 1 amide bonds. The number of fused-ring (bicyclic) bond motifs is 1. The van der Waals surface area contributed by atoms with Gasteiger partial charge in [0.05, 0.1) is 6.20 Å². The van der Waals surface area contributed by atoms with E-state index in [0.29, 0.717) is 18.1 Å². The molecule has 0 spiro atoms. The van der Waals surface area contributed by atoms with Crippen molar-refractivity contribution in [3.8, 4) is 5.88 Å². The number of hydrogen-bond donors (Lipinski definition) is 1. The second kappa shape index (κ2) is 6.99. The van der Waals surface area contributed by atoms with Crippen molar-refractivity contribution in [2.75, 3.05) is 26.2 Å². The van der Waals surface area contributed by atoms with Crippen molar-refractivity contribution >= 4 is 16.7 Å². The third-order valence-electron chi connectivity index (χ3n) is 3.45. The third-order valence-corrected chi connectivity index (χ3v) is 3.45. The molecule has 2 N–H and O–H groups in total. The van der Waals surface area contributed by atoms with Gasteiger partial charge in [0.15, 0.2) is 0 Å². The molecular weight excluding hydrogens is 268 g/mol. The number of amides is 1. The number of nitrogens with zero attached hydrogens (tertiary/aromatic N) is 3. The van der Waals surface area contributed by atoms with E-state index in [2.05, 4.69) is 28.9 Å². The second-order valence-corrected chi connectivity index (χ2v) is 4.69. The highest BCUT2D eigenvalue weighted by Crippen LogP contribution is 2.22. The van der Waals surface area contributed by atoms with Gasteiger partial charge in [-0.05, 0) is 31.3 Å². The SMILES string of the molecule is CCN(CC)CCOc1nncc2cc(C(N)=O)ccc12. The summed E-state index contributed by atoms with van der Waals surface area (Å²) in [7, 11) is 0. The molecule has 0 aliphatic heterocycles. The highest BCUT2D eigenvalue weighted by Gasteiger charge is 2.08. The summed E-state index contributed by atoms with van der Waals surface area (Å²) >= 11 is 0. The van der Waals surface area contributed by atoms with E-state index in [4.69, 9.17) is 10.5 Å². The largest absolute Gasteiger partial charge is 0.475 e. The Morgan fingerprint density at radius 1 is 1.33 bits per heavy atom. The van der Waals surface area contributed by atoms with Crippen LogP contribution in [0.2, 0.25) is 0 Å². The average Bonchev–Trinajstić information content (AvgIpc) is 2.51. The van der Waals surface area contributed by atoms with Crippen molar-refractivity contribution < 1.29 is 9.53 Å². The molecule has 0 radical (unpaired) electrons. The number of benzene rings is 1. The minimum atomic E-state index is -0.460. The van der Waals surface area contributed by atoms with Crippen molar-refractivity contribution in [1.82, 2.24) is 15.1 Å². The Morgan fingerprint density at radius 3 is 2.76 bits per heavy atom. The van der Waals surface area contributed by atoms with Gasteiger partial charge in [0.2, 0.25) is 11.8 Å². The molecular formula is C15H20N4O2. The van der Waals surface area contributed by atoms with E-state index in [0.717, 1.165) is 30.4 Å². The number of likely N-dealkylation sites (N-methyl/N-ethyl adjacent to an activating group) is 1. The quantitative estimate of drug-likeness (QED) is 0.834. The maximum Gasteiger partial charge on any atom is 0.248 e. The average molecular weight is 288 g/mol. The summed E-state index contributed by atoms with van der Waals surface area (Å²) in [6.07, 6.45) is 1.60. The summed E-state index contributed by atoms with van der Waals surface area (Å²) in [5.41, 5.74) is 5.72. The van der Waals surface area contributed by atoms with Crippen LogP contribution in [-0.4, -0.2) is 47.2 Å². The molecule has 112 valence electrons. The number of carbonyl (C=O) groups is 1. The molecule has 0 unspecified atom stereocenters. The third kappa shape index (κ3) is 3.66. The van der Waals surface area contributed by atoms with Crippen LogP contribution < -0.4 is 10.5 Å². The number of aromatic nitrogens is 2. The number of nitrogens with two attached hydrogens (primary N) is 1. The Balaban J connectivity index is 2.15. The Hall–Kier alpha value is -2.21. The minimum Gasteiger partial charge on any atom is -0.475 e. The number of hydrogen-bond acceptors (Lipinski definition) is 5. The molecule has 21 heavy (non-hydrogen) atoms.